The molecule has 6 nitrogen and oxygen atoms in total. The fourth-order valence-electron chi connectivity index (χ4n) is 3.09. The highest BCUT2D eigenvalue weighted by atomic mass is 35.5. The summed E-state index contributed by atoms with van der Waals surface area (Å²) in [6.45, 7) is 13.1. The summed E-state index contributed by atoms with van der Waals surface area (Å²) in [6.07, 6.45) is 1.77. The number of amides is 1. The van der Waals surface area contributed by atoms with Gasteiger partial charge in [0.1, 0.15) is 12.4 Å². The average molecular weight is 485 g/mol. The first kappa shape index (κ1) is 24.9. The largest absolute Gasteiger partial charge is 0.486 e. The van der Waals surface area contributed by atoms with Crippen LogP contribution < -0.4 is 10.1 Å². The zero-order valence-corrected chi connectivity index (χ0v) is 21.0. The maximum Gasteiger partial charge on any atom is 0.234 e. The Morgan fingerprint density at radius 1 is 1.21 bits per heavy atom. The van der Waals surface area contributed by atoms with Crippen LogP contribution in [0.25, 0.3) is 0 Å². The van der Waals surface area contributed by atoms with Gasteiger partial charge in [0.2, 0.25) is 5.91 Å². The van der Waals surface area contributed by atoms with E-state index in [1.807, 2.05) is 29.7 Å². The molecule has 33 heavy (non-hydrogen) atoms. The molecule has 0 fully saturated rings. The third-order valence-electron chi connectivity index (χ3n) is 5.00. The van der Waals surface area contributed by atoms with Crippen molar-refractivity contribution in [2.45, 2.75) is 51.4 Å². The van der Waals surface area contributed by atoms with E-state index in [2.05, 4.69) is 55.0 Å². The van der Waals surface area contributed by atoms with Crippen LogP contribution in [0.3, 0.4) is 0 Å². The van der Waals surface area contributed by atoms with Crippen molar-refractivity contribution in [1.29, 1.82) is 0 Å². The molecule has 1 heterocycles. The number of benzene rings is 2. The Balaban J connectivity index is 1.62. The van der Waals surface area contributed by atoms with E-state index >= 15 is 0 Å². The number of carbonyl (C=O) groups excluding carboxylic acids is 1. The van der Waals surface area contributed by atoms with Crippen LogP contribution in [0.5, 0.6) is 5.75 Å². The maximum absolute atomic E-state index is 12.5. The highest BCUT2D eigenvalue weighted by Gasteiger charge is 2.16. The quantitative estimate of drug-likeness (QED) is 0.296. The lowest BCUT2D eigenvalue weighted by Crippen LogP contribution is -2.15. The lowest BCUT2D eigenvalue weighted by atomic mass is 9.87. The summed E-state index contributed by atoms with van der Waals surface area (Å²) >= 11 is 7.35. The molecular formula is C25H29ClN4O2S. The topological polar surface area (TPSA) is 69.0 Å². The van der Waals surface area contributed by atoms with Gasteiger partial charge < -0.3 is 10.1 Å². The van der Waals surface area contributed by atoms with E-state index < -0.39 is 0 Å². The molecule has 0 bridgehead atoms. The van der Waals surface area contributed by atoms with E-state index in [0.29, 0.717) is 28.2 Å². The minimum absolute atomic E-state index is 0.0898. The van der Waals surface area contributed by atoms with Crippen LogP contribution in [0.2, 0.25) is 5.02 Å². The maximum atomic E-state index is 12.5. The Bertz CT molecular complexity index is 1120. The number of ether oxygens (including phenoxy) is 1. The van der Waals surface area contributed by atoms with E-state index in [1.165, 1.54) is 17.3 Å². The number of nitrogens with zero attached hydrogens (tertiary/aromatic N) is 3. The average Bonchev–Trinajstić information content (AvgIpc) is 3.15. The lowest BCUT2D eigenvalue weighted by molar-refractivity contribution is -0.113. The molecule has 1 N–H and O–H groups in total. The zero-order valence-electron chi connectivity index (χ0n) is 19.4. The van der Waals surface area contributed by atoms with Crippen molar-refractivity contribution in [1.82, 2.24) is 14.8 Å². The highest BCUT2D eigenvalue weighted by Crippen LogP contribution is 2.25. The predicted octanol–water partition coefficient (Wildman–Crippen LogP) is 6.03. The van der Waals surface area contributed by atoms with E-state index in [9.17, 15) is 4.79 Å². The predicted molar refractivity (Wildman–Crippen MR) is 135 cm³/mol. The first-order valence-electron chi connectivity index (χ1n) is 10.6. The van der Waals surface area contributed by atoms with Gasteiger partial charge in [0.25, 0.3) is 0 Å². The number of carbonyl (C=O) groups is 1. The number of halogens is 1. The Labute approximate surface area is 204 Å². The molecule has 1 amide bonds. The third-order valence-corrected chi connectivity index (χ3v) is 6.20. The molecule has 3 rings (SSSR count). The number of nitrogens with one attached hydrogen (secondary N) is 1. The molecule has 0 aliphatic carbocycles. The second-order valence-corrected chi connectivity index (χ2v) is 10.0. The van der Waals surface area contributed by atoms with Crippen LogP contribution in [-0.4, -0.2) is 26.4 Å². The molecule has 0 saturated carbocycles. The third kappa shape index (κ3) is 6.85. The van der Waals surface area contributed by atoms with Gasteiger partial charge >= 0.3 is 0 Å². The van der Waals surface area contributed by atoms with E-state index in [-0.39, 0.29) is 23.7 Å². The second-order valence-electron chi connectivity index (χ2n) is 8.66. The van der Waals surface area contributed by atoms with E-state index in [1.54, 1.807) is 18.2 Å². The molecule has 8 heteroatoms. The molecule has 1 aromatic heterocycles. The molecule has 174 valence electrons. The van der Waals surface area contributed by atoms with E-state index in [4.69, 9.17) is 16.3 Å². The van der Waals surface area contributed by atoms with Gasteiger partial charge in [-0.05, 0) is 47.7 Å². The molecule has 0 radical (unpaired) electrons. The molecule has 2 aromatic carbocycles. The minimum atomic E-state index is -0.143. The summed E-state index contributed by atoms with van der Waals surface area (Å²) < 4.78 is 7.83. The van der Waals surface area contributed by atoms with Crippen LogP contribution in [0.4, 0.5) is 5.69 Å². The van der Waals surface area contributed by atoms with Crippen molar-refractivity contribution in [3.8, 4) is 5.75 Å². The van der Waals surface area contributed by atoms with Crippen LogP contribution >= 0.6 is 23.4 Å². The van der Waals surface area contributed by atoms with E-state index in [0.717, 1.165) is 11.3 Å². The Morgan fingerprint density at radius 3 is 2.61 bits per heavy atom. The first-order chi connectivity index (χ1) is 15.7. The van der Waals surface area contributed by atoms with Crippen molar-refractivity contribution in [2.24, 2.45) is 0 Å². The summed E-state index contributed by atoms with van der Waals surface area (Å²) in [4.78, 5) is 12.5. The second kappa shape index (κ2) is 10.9. The van der Waals surface area contributed by atoms with Gasteiger partial charge in [0.05, 0.1) is 5.75 Å². The van der Waals surface area contributed by atoms with Crippen LogP contribution in [0.1, 0.15) is 37.7 Å². The van der Waals surface area contributed by atoms with Crippen LogP contribution in [-0.2, 0) is 23.4 Å². The zero-order chi connectivity index (χ0) is 24.0. The minimum Gasteiger partial charge on any atom is -0.486 e. The van der Waals surface area contributed by atoms with Crippen LogP contribution in [0.15, 0.2) is 60.3 Å². The smallest absolute Gasteiger partial charge is 0.234 e. The number of rotatable bonds is 9. The highest BCUT2D eigenvalue weighted by molar-refractivity contribution is 7.99. The van der Waals surface area contributed by atoms with Gasteiger partial charge in [-0.15, -0.1) is 16.8 Å². The van der Waals surface area contributed by atoms with Crippen LogP contribution in [0, 0.1) is 6.92 Å². The first-order valence-corrected chi connectivity index (χ1v) is 12.0. The normalized spacial score (nSPS) is 11.3. The number of allylic oxidation sites excluding steroid dienone is 1. The Morgan fingerprint density at radius 2 is 1.94 bits per heavy atom. The number of hydrogen-bond donors (Lipinski definition) is 1. The number of thioether (sulfide) groups is 1. The SMILES string of the molecule is C=CCn1c(COc2ccc(C(C)(C)C)cc2)nnc1SCC(=O)Nc1cc(Cl)ccc1C. The van der Waals surface area contributed by atoms with Crippen molar-refractivity contribution in [3.05, 3.63) is 77.1 Å². The lowest BCUT2D eigenvalue weighted by Gasteiger charge is -2.19. The van der Waals surface area contributed by atoms with Gasteiger partial charge in [-0.25, -0.2) is 0 Å². The van der Waals surface area contributed by atoms with Gasteiger partial charge in [-0.2, -0.15) is 0 Å². The van der Waals surface area contributed by atoms with Gasteiger partial charge in [0, 0.05) is 17.3 Å². The molecule has 0 spiro atoms. The standard InChI is InChI=1S/C25H29ClN4O2S/c1-6-13-30-22(15-32-20-11-8-18(9-12-20)25(3,4)5)28-29-24(30)33-16-23(31)27-21-14-19(26)10-7-17(21)2/h6-12,14H,1,13,15-16H2,2-5H3,(H,27,31). The van der Waals surface area contributed by atoms with Crippen molar-refractivity contribution in [2.75, 3.05) is 11.1 Å². The molecule has 0 saturated heterocycles. The fraction of sp³-hybridized carbons (Fsp3) is 0.320. The molecule has 0 unspecified atom stereocenters. The number of anilines is 1. The monoisotopic (exact) mass is 484 g/mol. The number of aromatic nitrogens is 3. The Hall–Kier alpha value is -2.77. The van der Waals surface area contributed by atoms with Crippen molar-refractivity contribution in [3.63, 3.8) is 0 Å². The Kier molecular flexibility index (Phi) is 8.21. The summed E-state index contributed by atoms with van der Waals surface area (Å²) in [7, 11) is 0. The van der Waals surface area contributed by atoms with Gasteiger partial charge in [-0.1, -0.05) is 68.4 Å². The van der Waals surface area contributed by atoms with Crippen molar-refractivity contribution >= 4 is 35.0 Å². The molecule has 3 aromatic rings. The summed E-state index contributed by atoms with van der Waals surface area (Å²) in [6, 6.07) is 13.5. The summed E-state index contributed by atoms with van der Waals surface area (Å²) in [5.41, 5.74) is 2.98. The number of hydrogen-bond acceptors (Lipinski definition) is 5. The van der Waals surface area contributed by atoms with Crippen molar-refractivity contribution < 1.29 is 9.53 Å². The molecule has 0 atom stereocenters. The van der Waals surface area contributed by atoms with Gasteiger partial charge in [-0.3, -0.25) is 9.36 Å². The molecular weight excluding hydrogens is 456 g/mol. The molecule has 0 aliphatic heterocycles. The molecule has 0 aliphatic rings. The van der Waals surface area contributed by atoms with Gasteiger partial charge in [0.15, 0.2) is 11.0 Å². The fourth-order valence-corrected chi connectivity index (χ4v) is 4.03. The number of aryl methyl sites for hydroxylation is 1. The summed E-state index contributed by atoms with van der Waals surface area (Å²) in [5, 5.41) is 12.6. The summed E-state index contributed by atoms with van der Waals surface area (Å²) in [5.74, 6) is 1.48.